The van der Waals surface area contributed by atoms with Gasteiger partial charge in [-0.05, 0) is 42.7 Å². The van der Waals surface area contributed by atoms with Crippen LogP contribution in [-0.2, 0) is 9.53 Å². The summed E-state index contributed by atoms with van der Waals surface area (Å²) < 4.78 is 9.77. The number of benzene rings is 1. The van der Waals surface area contributed by atoms with Gasteiger partial charge in [0.1, 0.15) is 5.75 Å². The van der Waals surface area contributed by atoms with Gasteiger partial charge in [0.15, 0.2) is 0 Å². The normalized spacial score (nSPS) is 10.6. The van der Waals surface area contributed by atoms with E-state index < -0.39 is 0 Å². The van der Waals surface area contributed by atoms with Crippen LogP contribution in [0.15, 0.2) is 18.2 Å². The Labute approximate surface area is 102 Å². The average Bonchev–Trinajstić information content (AvgIpc) is 2.31. The predicted octanol–water partition coefficient (Wildman–Crippen LogP) is 2.89. The zero-order valence-corrected chi connectivity index (χ0v) is 10.7. The second-order valence-corrected chi connectivity index (χ2v) is 3.86. The molecule has 0 bridgehead atoms. The molecule has 3 nitrogen and oxygen atoms in total. The maximum absolute atomic E-state index is 11.0. The topological polar surface area (TPSA) is 35.5 Å². The van der Waals surface area contributed by atoms with Crippen LogP contribution < -0.4 is 4.74 Å². The summed E-state index contributed by atoms with van der Waals surface area (Å²) >= 11 is 0. The largest absolute Gasteiger partial charge is 0.497 e. The van der Waals surface area contributed by atoms with Crippen molar-refractivity contribution in [1.82, 2.24) is 0 Å². The Bertz CT molecular complexity index is 410. The summed E-state index contributed by atoms with van der Waals surface area (Å²) in [5, 5.41) is 0. The van der Waals surface area contributed by atoms with E-state index in [2.05, 4.69) is 4.74 Å². The van der Waals surface area contributed by atoms with Crippen LogP contribution in [0.2, 0.25) is 0 Å². The van der Waals surface area contributed by atoms with Crippen molar-refractivity contribution >= 4 is 12.0 Å². The van der Waals surface area contributed by atoms with Crippen molar-refractivity contribution < 1.29 is 14.3 Å². The summed E-state index contributed by atoms with van der Waals surface area (Å²) in [5.41, 5.74) is 3.38. The van der Waals surface area contributed by atoms with Crippen molar-refractivity contribution in [3.8, 4) is 5.75 Å². The van der Waals surface area contributed by atoms with Crippen molar-refractivity contribution in [2.24, 2.45) is 0 Å². The highest BCUT2D eigenvalue weighted by atomic mass is 16.5. The number of esters is 1. The zero-order chi connectivity index (χ0) is 12.8. The highest BCUT2D eigenvalue weighted by Gasteiger charge is 2.03. The quantitative estimate of drug-likeness (QED) is 0.751. The third-order valence-corrected chi connectivity index (χ3v) is 2.60. The lowest BCUT2D eigenvalue weighted by Gasteiger charge is -2.08. The van der Waals surface area contributed by atoms with E-state index in [4.69, 9.17) is 4.74 Å². The summed E-state index contributed by atoms with van der Waals surface area (Å²) in [6.07, 6.45) is 4.05. The maximum atomic E-state index is 11.0. The molecule has 92 valence electrons. The minimum absolute atomic E-state index is 0.231. The molecule has 17 heavy (non-hydrogen) atoms. The molecule has 0 aliphatic carbocycles. The van der Waals surface area contributed by atoms with Crippen LogP contribution in [-0.4, -0.2) is 20.2 Å². The molecular weight excluding hydrogens is 216 g/mol. The molecule has 0 spiro atoms. The lowest BCUT2D eigenvalue weighted by molar-refractivity contribution is -0.139. The van der Waals surface area contributed by atoms with Gasteiger partial charge in [0, 0.05) is 0 Å². The molecule has 0 aliphatic heterocycles. The van der Waals surface area contributed by atoms with Gasteiger partial charge in [0.05, 0.1) is 20.6 Å². The van der Waals surface area contributed by atoms with Gasteiger partial charge in [-0.3, -0.25) is 4.79 Å². The van der Waals surface area contributed by atoms with E-state index in [0.29, 0.717) is 6.42 Å². The fraction of sp³-hybridized carbons (Fsp3) is 0.357. The second kappa shape index (κ2) is 6.09. The summed E-state index contributed by atoms with van der Waals surface area (Å²) in [6.45, 7) is 4.04. The minimum Gasteiger partial charge on any atom is -0.497 e. The predicted molar refractivity (Wildman–Crippen MR) is 68.1 cm³/mol. The SMILES string of the molecule is COC(=O)CC=Cc1c(C)cc(OC)cc1C. The molecule has 1 rings (SSSR count). The first-order valence-electron chi connectivity index (χ1n) is 5.47. The van der Waals surface area contributed by atoms with Crippen LogP contribution in [0.3, 0.4) is 0 Å². The number of hydrogen-bond acceptors (Lipinski definition) is 3. The molecule has 0 N–H and O–H groups in total. The molecule has 0 aliphatic rings. The van der Waals surface area contributed by atoms with E-state index >= 15 is 0 Å². The lowest BCUT2D eigenvalue weighted by atomic mass is 10.0. The number of carbonyl (C=O) groups excluding carboxylic acids is 1. The first kappa shape index (κ1) is 13.3. The van der Waals surface area contributed by atoms with Crippen molar-refractivity contribution in [2.75, 3.05) is 14.2 Å². The van der Waals surface area contributed by atoms with Gasteiger partial charge in [-0.2, -0.15) is 0 Å². The van der Waals surface area contributed by atoms with Gasteiger partial charge in [0.25, 0.3) is 0 Å². The van der Waals surface area contributed by atoms with E-state index in [1.54, 1.807) is 7.11 Å². The number of rotatable bonds is 4. The standard InChI is InChI=1S/C14H18O3/c1-10-8-12(16-3)9-11(2)13(10)6-5-7-14(15)17-4/h5-6,8-9H,7H2,1-4H3. The molecule has 0 radical (unpaired) electrons. The van der Waals surface area contributed by atoms with Gasteiger partial charge < -0.3 is 9.47 Å². The Morgan fingerprint density at radius 1 is 1.24 bits per heavy atom. The van der Waals surface area contributed by atoms with Gasteiger partial charge in [-0.1, -0.05) is 12.2 Å². The van der Waals surface area contributed by atoms with E-state index in [0.717, 1.165) is 22.4 Å². The van der Waals surface area contributed by atoms with Crippen LogP contribution in [0, 0.1) is 13.8 Å². The zero-order valence-electron chi connectivity index (χ0n) is 10.7. The maximum Gasteiger partial charge on any atom is 0.309 e. The van der Waals surface area contributed by atoms with Crippen LogP contribution in [0.25, 0.3) is 6.08 Å². The summed E-state index contributed by atoms with van der Waals surface area (Å²) in [6, 6.07) is 3.95. The second-order valence-electron chi connectivity index (χ2n) is 3.86. The number of hydrogen-bond donors (Lipinski definition) is 0. The minimum atomic E-state index is -0.231. The van der Waals surface area contributed by atoms with E-state index in [9.17, 15) is 4.79 Å². The van der Waals surface area contributed by atoms with E-state index in [-0.39, 0.29) is 5.97 Å². The fourth-order valence-corrected chi connectivity index (χ4v) is 1.67. The monoisotopic (exact) mass is 234 g/mol. The number of ether oxygens (including phenoxy) is 2. The van der Waals surface area contributed by atoms with Gasteiger partial charge >= 0.3 is 5.97 Å². The van der Waals surface area contributed by atoms with Gasteiger partial charge in [0.2, 0.25) is 0 Å². The van der Waals surface area contributed by atoms with E-state index in [1.165, 1.54) is 7.11 Å². The number of aryl methyl sites for hydroxylation is 2. The molecule has 1 aromatic rings. The first-order valence-corrected chi connectivity index (χ1v) is 5.47. The number of methoxy groups -OCH3 is 2. The summed E-state index contributed by atoms with van der Waals surface area (Å²) in [5.74, 6) is 0.621. The van der Waals surface area contributed by atoms with Crippen molar-refractivity contribution in [2.45, 2.75) is 20.3 Å². The molecular formula is C14H18O3. The molecule has 1 aromatic carbocycles. The van der Waals surface area contributed by atoms with Crippen LogP contribution >= 0.6 is 0 Å². The van der Waals surface area contributed by atoms with Crippen molar-refractivity contribution in [3.63, 3.8) is 0 Å². The summed E-state index contributed by atoms with van der Waals surface area (Å²) in [7, 11) is 3.04. The molecule has 0 atom stereocenters. The third-order valence-electron chi connectivity index (χ3n) is 2.60. The molecule has 0 unspecified atom stereocenters. The molecule has 0 saturated carbocycles. The van der Waals surface area contributed by atoms with Gasteiger partial charge in [-0.25, -0.2) is 0 Å². The molecule has 0 saturated heterocycles. The van der Waals surface area contributed by atoms with E-state index in [1.807, 2.05) is 38.1 Å². The Hall–Kier alpha value is -1.77. The fourth-order valence-electron chi connectivity index (χ4n) is 1.67. The lowest BCUT2D eigenvalue weighted by Crippen LogP contribution is -1.97. The molecule has 3 heteroatoms. The van der Waals surface area contributed by atoms with Gasteiger partial charge in [-0.15, -0.1) is 0 Å². The smallest absolute Gasteiger partial charge is 0.309 e. The van der Waals surface area contributed by atoms with Crippen LogP contribution in [0.4, 0.5) is 0 Å². The molecule has 0 heterocycles. The van der Waals surface area contributed by atoms with Crippen LogP contribution in [0.5, 0.6) is 5.75 Å². The Morgan fingerprint density at radius 2 is 1.82 bits per heavy atom. The van der Waals surface area contributed by atoms with Crippen LogP contribution in [0.1, 0.15) is 23.1 Å². The first-order chi connectivity index (χ1) is 8.08. The third kappa shape index (κ3) is 3.63. The van der Waals surface area contributed by atoms with Crippen molar-refractivity contribution in [3.05, 3.63) is 34.9 Å². The Morgan fingerprint density at radius 3 is 2.29 bits per heavy atom. The number of carbonyl (C=O) groups is 1. The highest BCUT2D eigenvalue weighted by molar-refractivity contribution is 5.73. The molecule has 0 amide bonds. The van der Waals surface area contributed by atoms with Crippen molar-refractivity contribution in [1.29, 1.82) is 0 Å². The molecule has 0 aromatic heterocycles. The average molecular weight is 234 g/mol. The summed E-state index contributed by atoms with van der Waals surface area (Å²) in [4.78, 5) is 11.0. The Kier molecular flexibility index (Phi) is 4.76. The highest BCUT2D eigenvalue weighted by Crippen LogP contribution is 2.22. The molecule has 0 fully saturated rings. The Balaban J connectivity index is 2.88.